The third-order valence-corrected chi connectivity index (χ3v) is 7.32. The first-order chi connectivity index (χ1) is 19.3. The zero-order chi connectivity index (χ0) is 29.6. The highest BCUT2D eigenvalue weighted by Crippen LogP contribution is 2.15. The van der Waals surface area contributed by atoms with Gasteiger partial charge in [-0.2, -0.15) is 0 Å². The number of unbranched alkanes of at least 4 members (excludes halogenated alkanes) is 14. The molecule has 8 heteroatoms. The number of carbonyl (C=O) groups is 4. The average Bonchev–Trinajstić information content (AvgIpc) is 2.94. The maximum absolute atomic E-state index is 13.0. The summed E-state index contributed by atoms with van der Waals surface area (Å²) in [7, 11) is 0. The highest BCUT2D eigenvalue weighted by molar-refractivity contribution is 6.08. The molecule has 0 saturated heterocycles. The van der Waals surface area contributed by atoms with E-state index >= 15 is 0 Å². The normalized spacial score (nSPS) is 12.4. The van der Waals surface area contributed by atoms with Gasteiger partial charge in [0.2, 0.25) is 0 Å². The van der Waals surface area contributed by atoms with E-state index in [9.17, 15) is 29.4 Å². The van der Waals surface area contributed by atoms with Gasteiger partial charge in [0.15, 0.2) is 0 Å². The van der Waals surface area contributed by atoms with Crippen molar-refractivity contribution in [1.29, 1.82) is 0 Å². The van der Waals surface area contributed by atoms with Gasteiger partial charge in [-0.3, -0.25) is 9.59 Å². The van der Waals surface area contributed by atoms with E-state index in [0.717, 1.165) is 38.5 Å². The zero-order valence-corrected chi connectivity index (χ0v) is 24.7. The lowest BCUT2D eigenvalue weighted by Crippen LogP contribution is -2.43. The van der Waals surface area contributed by atoms with Crippen LogP contribution in [0.1, 0.15) is 150 Å². The van der Waals surface area contributed by atoms with Crippen molar-refractivity contribution >= 4 is 23.8 Å². The molecule has 1 rings (SSSR count). The molecule has 0 heterocycles. The fraction of sp³-hybridized carbons (Fsp3) is 0.688. The third kappa shape index (κ3) is 15.0. The monoisotopic (exact) mass is 560 g/mol. The quantitative estimate of drug-likeness (QED) is 0.0996. The molecule has 1 aromatic carbocycles. The molecule has 0 aliphatic heterocycles. The molecule has 0 saturated carbocycles. The van der Waals surface area contributed by atoms with E-state index in [1.807, 2.05) is 0 Å². The van der Waals surface area contributed by atoms with E-state index in [4.69, 9.17) is 0 Å². The summed E-state index contributed by atoms with van der Waals surface area (Å²) in [6.45, 7) is 4.35. The van der Waals surface area contributed by atoms with Crippen molar-refractivity contribution < 1.29 is 29.4 Å². The largest absolute Gasteiger partial charge is 0.480 e. The van der Waals surface area contributed by atoms with Gasteiger partial charge < -0.3 is 20.8 Å². The van der Waals surface area contributed by atoms with E-state index < -0.39 is 35.8 Å². The third-order valence-electron chi connectivity index (χ3n) is 7.32. The van der Waals surface area contributed by atoms with Gasteiger partial charge in [-0.15, -0.1) is 0 Å². The Morgan fingerprint density at radius 1 is 0.550 bits per heavy atom. The number of carboxylic acids is 2. The summed E-state index contributed by atoms with van der Waals surface area (Å²) in [6, 6.07) is 3.97. The molecule has 40 heavy (non-hydrogen) atoms. The van der Waals surface area contributed by atoms with Gasteiger partial charge in [-0.1, -0.05) is 129 Å². The number of aliphatic carboxylic acids is 2. The first-order valence-corrected chi connectivity index (χ1v) is 15.5. The summed E-state index contributed by atoms with van der Waals surface area (Å²) in [5.74, 6) is -3.55. The average molecular weight is 561 g/mol. The van der Waals surface area contributed by atoms with Gasteiger partial charge >= 0.3 is 11.9 Å². The molecular weight excluding hydrogens is 508 g/mol. The summed E-state index contributed by atoms with van der Waals surface area (Å²) in [4.78, 5) is 49.6. The van der Waals surface area contributed by atoms with Crippen LogP contribution < -0.4 is 10.6 Å². The van der Waals surface area contributed by atoms with Crippen molar-refractivity contribution in [3.05, 3.63) is 35.4 Å². The summed E-state index contributed by atoms with van der Waals surface area (Å²) in [6.07, 6.45) is 17.8. The van der Waals surface area contributed by atoms with Crippen LogP contribution >= 0.6 is 0 Å². The number of rotatable bonds is 24. The topological polar surface area (TPSA) is 133 Å². The SMILES string of the molecule is CCCCCCCCCCC(NC(=O)c1ccccc1C(=O)NC(CCCCCCCCCC)C(=O)O)C(=O)O. The Kier molecular flexibility index (Phi) is 19.2. The minimum atomic E-state index is -1.12. The van der Waals surface area contributed by atoms with Gasteiger partial charge in [0.1, 0.15) is 12.1 Å². The van der Waals surface area contributed by atoms with Crippen LogP contribution in [0.4, 0.5) is 0 Å². The minimum Gasteiger partial charge on any atom is -0.480 e. The molecule has 4 N–H and O–H groups in total. The minimum absolute atomic E-state index is 0.0263. The van der Waals surface area contributed by atoms with Crippen LogP contribution in [0.15, 0.2) is 24.3 Å². The van der Waals surface area contributed by atoms with Crippen LogP contribution in [0.5, 0.6) is 0 Å². The smallest absolute Gasteiger partial charge is 0.326 e. The predicted octanol–water partition coefficient (Wildman–Crippen LogP) is 7.11. The molecule has 0 aliphatic rings. The van der Waals surface area contributed by atoms with E-state index in [1.54, 1.807) is 12.1 Å². The predicted molar refractivity (Wildman–Crippen MR) is 159 cm³/mol. The highest BCUT2D eigenvalue weighted by atomic mass is 16.4. The molecule has 0 fully saturated rings. The number of hydrogen-bond acceptors (Lipinski definition) is 4. The number of benzene rings is 1. The Balaban J connectivity index is 2.64. The Labute approximate surface area is 240 Å². The summed E-state index contributed by atoms with van der Waals surface area (Å²) >= 11 is 0. The molecule has 2 atom stereocenters. The fourth-order valence-electron chi connectivity index (χ4n) is 4.83. The van der Waals surface area contributed by atoms with Crippen LogP contribution in [-0.2, 0) is 9.59 Å². The molecule has 0 bridgehead atoms. The Morgan fingerprint density at radius 2 is 0.850 bits per heavy atom. The van der Waals surface area contributed by atoms with Crippen molar-refractivity contribution in [2.24, 2.45) is 0 Å². The van der Waals surface area contributed by atoms with Crippen LogP contribution in [0.25, 0.3) is 0 Å². The number of hydrogen-bond donors (Lipinski definition) is 4. The molecule has 2 unspecified atom stereocenters. The molecule has 0 aliphatic carbocycles. The number of carbonyl (C=O) groups excluding carboxylic acids is 2. The van der Waals surface area contributed by atoms with E-state index in [2.05, 4.69) is 24.5 Å². The van der Waals surface area contributed by atoms with Crippen LogP contribution in [0.2, 0.25) is 0 Å². The Bertz CT molecular complexity index is 817. The second-order valence-electron chi connectivity index (χ2n) is 10.8. The lowest BCUT2D eigenvalue weighted by molar-refractivity contribution is -0.140. The highest BCUT2D eigenvalue weighted by Gasteiger charge is 2.26. The van der Waals surface area contributed by atoms with E-state index in [-0.39, 0.29) is 11.1 Å². The Morgan fingerprint density at radius 3 is 1.15 bits per heavy atom. The van der Waals surface area contributed by atoms with E-state index in [0.29, 0.717) is 25.7 Å². The number of amides is 2. The molecular formula is C32H52N2O6. The first-order valence-electron chi connectivity index (χ1n) is 15.5. The summed E-state index contributed by atoms with van der Waals surface area (Å²) in [5.41, 5.74) is 0.0526. The first kappa shape index (κ1) is 35.1. The van der Waals surface area contributed by atoms with Crippen LogP contribution in [-0.4, -0.2) is 46.0 Å². The fourth-order valence-corrected chi connectivity index (χ4v) is 4.83. The van der Waals surface area contributed by atoms with Crippen molar-refractivity contribution in [2.45, 2.75) is 142 Å². The van der Waals surface area contributed by atoms with Crippen molar-refractivity contribution in [3.8, 4) is 0 Å². The molecule has 0 spiro atoms. The molecule has 2 amide bonds. The lowest BCUT2D eigenvalue weighted by Gasteiger charge is -2.18. The summed E-state index contributed by atoms with van der Waals surface area (Å²) < 4.78 is 0. The molecule has 0 aromatic heterocycles. The van der Waals surface area contributed by atoms with Crippen molar-refractivity contribution in [3.63, 3.8) is 0 Å². The van der Waals surface area contributed by atoms with Gasteiger partial charge in [-0.25, -0.2) is 9.59 Å². The standard InChI is InChI=1S/C32H52N2O6/c1-3-5-7-9-11-13-15-17-23-27(31(37)38)33-29(35)25-21-19-20-22-26(25)30(36)34-28(32(39)40)24-18-16-14-12-10-8-6-4-2/h19-22,27-28H,3-18,23-24H2,1-2H3,(H,33,35)(H,34,36)(H,37,38)(H,39,40). The summed E-state index contributed by atoms with van der Waals surface area (Å²) in [5, 5.41) is 24.4. The zero-order valence-electron chi connectivity index (χ0n) is 24.7. The molecule has 0 radical (unpaired) electrons. The maximum Gasteiger partial charge on any atom is 0.326 e. The molecule has 1 aromatic rings. The second kappa shape index (κ2) is 21.9. The van der Waals surface area contributed by atoms with Crippen molar-refractivity contribution in [1.82, 2.24) is 10.6 Å². The number of carboxylic acid groups (broad SMARTS) is 2. The Hall–Kier alpha value is -2.90. The van der Waals surface area contributed by atoms with Crippen molar-refractivity contribution in [2.75, 3.05) is 0 Å². The number of nitrogens with one attached hydrogen (secondary N) is 2. The van der Waals surface area contributed by atoms with Gasteiger partial charge in [0.25, 0.3) is 11.8 Å². The van der Waals surface area contributed by atoms with Gasteiger partial charge in [-0.05, 0) is 25.0 Å². The second-order valence-corrected chi connectivity index (χ2v) is 10.8. The van der Waals surface area contributed by atoms with Crippen LogP contribution in [0.3, 0.4) is 0 Å². The van der Waals surface area contributed by atoms with Crippen LogP contribution in [0, 0.1) is 0 Å². The van der Waals surface area contributed by atoms with Gasteiger partial charge in [0, 0.05) is 0 Å². The molecule has 226 valence electrons. The van der Waals surface area contributed by atoms with Gasteiger partial charge in [0.05, 0.1) is 11.1 Å². The molecule has 8 nitrogen and oxygen atoms in total. The van der Waals surface area contributed by atoms with E-state index in [1.165, 1.54) is 63.5 Å². The maximum atomic E-state index is 13.0. The lowest BCUT2D eigenvalue weighted by atomic mass is 10.0.